The SMILES string of the molecule is CCCCNC(=O)[C@H](CC)N(Cc1ccc(Cl)c(Cl)c1)C(=O)CN(c1cc(OC)ccc1OC)S(C)(=O)=O. The normalized spacial score (nSPS) is 12.0. The first-order valence-corrected chi connectivity index (χ1v) is 14.8. The van der Waals surface area contributed by atoms with Crippen molar-refractivity contribution in [3.05, 3.63) is 52.0 Å². The second kappa shape index (κ2) is 14.5. The van der Waals surface area contributed by atoms with Crippen LogP contribution in [0.25, 0.3) is 0 Å². The van der Waals surface area contributed by atoms with Crippen LogP contribution in [0.2, 0.25) is 10.0 Å². The molecule has 12 heteroatoms. The first-order valence-electron chi connectivity index (χ1n) is 12.2. The Morgan fingerprint density at radius 3 is 2.29 bits per heavy atom. The van der Waals surface area contributed by atoms with Gasteiger partial charge in [0.25, 0.3) is 0 Å². The lowest BCUT2D eigenvalue weighted by Gasteiger charge is -2.33. The van der Waals surface area contributed by atoms with E-state index < -0.39 is 28.5 Å². The molecule has 38 heavy (non-hydrogen) atoms. The van der Waals surface area contributed by atoms with Gasteiger partial charge in [-0.2, -0.15) is 0 Å². The van der Waals surface area contributed by atoms with Gasteiger partial charge >= 0.3 is 0 Å². The maximum atomic E-state index is 13.8. The van der Waals surface area contributed by atoms with Crippen molar-refractivity contribution in [2.24, 2.45) is 0 Å². The molecule has 0 fully saturated rings. The molecule has 2 aromatic carbocycles. The number of carbonyl (C=O) groups excluding carboxylic acids is 2. The molecule has 1 N–H and O–H groups in total. The molecule has 0 bridgehead atoms. The third-order valence-corrected chi connectivity index (χ3v) is 7.75. The molecule has 0 heterocycles. The number of methoxy groups -OCH3 is 2. The number of amides is 2. The summed E-state index contributed by atoms with van der Waals surface area (Å²) >= 11 is 12.3. The van der Waals surface area contributed by atoms with Crippen LogP contribution in [-0.2, 0) is 26.2 Å². The van der Waals surface area contributed by atoms with E-state index >= 15 is 0 Å². The lowest BCUT2D eigenvalue weighted by Crippen LogP contribution is -2.52. The Morgan fingerprint density at radius 1 is 1.03 bits per heavy atom. The van der Waals surface area contributed by atoms with Crippen LogP contribution in [-0.4, -0.2) is 64.7 Å². The Kier molecular flexibility index (Phi) is 12.0. The third kappa shape index (κ3) is 8.41. The highest BCUT2D eigenvalue weighted by molar-refractivity contribution is 7.92. The molecule has 0 saturated heterocycles. The number of hydrogen-bond acceptors (Lipinski definition) is 6. The molecule has 210 valence electrons. The number of sulfonamides is 1. The van der Waals surface area contributed by atoms with Crippen LogP contribution in [0.5, 0.6) is 11.5 Å². The average molecular weight is 589 g/mol. The fourth-order valence-electron chi connectivity index (χ4n) is 3.85. The molecule has 2 rings (SSSR count). The van der Waals surface area contributed by atoms with Crippen LogP contribution in [0.15, 0.2) is 36.4 Å². The van der Waals surface area contributed by atoms with Crippen molar-refractivity contribution in [3.63, 3.8) is 0 Å². The monoisotopic (exact) mass is 587 g/mol. The molecule has 2 aromatic rings. The lowest BCUT2D eigenvalue weighted by molar-refractivity contribution is -0.140. The van der Waals surface area contributed by atoms with Crippen LogP contribution in [0.1, 0.15) is 38.7 Å². The zero-order valence-corrected chi connectivity index (χ0v) is 24.6. The summed E-state index contributed by atoms with van der Waals surface area (Å²) in [6.45, 7) is 3.72. The predicted molar refractivity (Wildman–Crippen MR) is 151 cm³/mol. The Labute approximate surface area is 235 Å². The lowest BCUT2D eigenvalue weighted by atomic mass is 10.1. The molecular formula is C26H35Cl2N3O6S. The molecule has 0 aliphatic heterocycles. The fraction of sp³-hybridized carbons (Fsp3) is 0.462. The number of carbonyl (C=O) groups is 2. The smallest absolute Gasteiger partial charge is 0.244 e. The fourth-order valence-corrected chi connectivity index (χ4v) is 5.01. The van der Waals surface area contributed by atoms with E-state index in [4.69, 9.17) is 32.7 Å². The molecule has 0 aliphatic rings. The van der Waals surface area contributed by atoms with Crippen LogP contribution < -0.4 is 19.1 Å². The summed E-state index contributed by atoms with van der Waals surface area (Å²) in [5.41, 5.74) is 0.773. The van der Waals surface area contributed by atoms with Crippen molar-refractivity contribution >= 4 is 50.7 Å². The van der Waals surface area contributed by atoms with E-state index in [0.717, 1.165) is 23.4 Å². The standard InChI is InChI=1S/C26H35Cl2N3O6S/c1-6-8-13-29-26(33)22(7-2)30(16-18-9-11-20(27)21(28)14-18)25(32)17-31(38(5,34)35)23-15-19(36-3)10-12-24(23)37-4/h9-12,14-15,22H,6-8,13,16-17H2,1-5H3,(H,29,33)/t22-/m0/s1. The number of anilines is 1. The van der Waals surface area contributed by atoms with E-state index in [-0.39, 0.29) is 23.9 Å². The van der Waals surface area contributed by atoms with Gasteiger partial charge in [-0.1, -0.05) is 49.5 Å². The molecular weight excluding hydrogens is 553 g/mol. The van der Waals surface area contributed by atoms with Crippen molar-refractivity contribution < 1.29 is 27.5 Å². The van der Waals surface area contributed by atoms with E-state index in [0.29, 0.717) is 34.3 Å². The number of hydrogen-bond donors (Lipinski definition) is 1. The molecule has 9 nitrogen and oxygen atoms in total. The second-order valence-electron chi connectivity index (χ2n) is 8.65. The van der Waals surface area contributed by atoms with E-state index in [1.54, 1.807) is 37.3 Å². The van der Waals surface area contributed by atoms with Gasteiger partial charge in [-0.15, -0.1) is 0 Å². The van der Waals surface area contributed by atoms with Gasteiger partial charge in [-0.3, -0.25) is 13.9 Å². The van der Waals surface area contributed by atoms with Crippen molar-refractivity contribution in [2.45, 2.75) is 45.7 Å². The molecule has 0 aliphatic carbocycles. The molecule has 0 radical (unpaired) electrons. The number of unbranched alkanes of at least 4 members (excludes halogenated alkanes) is 1. The summed E-state index contributed by atoms with van der Waals surface area (Å²) in [5.74, 6) is -0.274. The van der Waals surface area contributed by atoms with Gasteiger partial charge in [-0.05, 0) is 42.7 Å². The first-order chi connectivity index (χ1) is 18.0. The average Bonchev–Trinajstić information content (AvgIpc) is 2.88. The summed E-state index contributed by atoms with van der Waals surface area (Å²) < 4.78 is 37.4. The van der Waals surface area contributed by atoms with E-state index in [2.05, 4.69) is 5.32 Å². The van der Waals surface area contributed by atoms with Crippen LogP contribution in [0, 0.1) is 0 Å². The Bertz CT molecular complexity index is 1230. The highest BCUT2D eigenvalue weighted by Crippen LogP contribution is 2.34. The van der Waals surface area contributed by atoms with Crippen molar-refractivity contribution in [1.82, 2.24) is 10.2 Å². The molecule has 0 spiro atoms. The van der Waals surface area contributed by atoms with Crippen molar-refractivity contribution in [1.29, 1.82) is 0 Å². The van der Waals surface area contributed by atoms with Gasteiger partial charge in [0.05, 0.1) is 36.2 Å². The third-order valence-electron chi connectivity index (χ3n) is 5.89. The number of nitrogens with zero attached hydrogens (tertiary/aromatic N) is 2. The number of nitrogens with one attached hydrogen (secondary N) is 1. The van der Waals surface area contributed by atoms with Crippen molar-refractivity contribution in [2.75, 3.05) is 37.9 Å². The second-order valence-corrected chi connectivity index (χ2v) is 11.4. The molecule has 2 amide bonds. The highest BCUT2D eigenvalue weighted by Gasteiger charge is 2.32. The minimum Gasteiger partial charge on any atom is -0.497 e. The van der Waals surface area contributed by atoms with Gasteiger partial charge in [0.2, 0.25) is 21.8 Å². The Morgan fingerprint density at radius 2 is 1.74 bits per heavy atom. The zero-order valence-electron chi connectivity index (χ0n) is 22.3. The zero-order chi connectivity index (χ0) is 28.5. The van der Waals surface area contributed by atoms with Crippen molar-refractivity contribution in [3.8, 4) is 11.5 Å². The van der Waals surface area contributed by atoms with Gasteiger partial charge in [-0.25, -0.2) is 8.42 Å². The topological polar surface area (TPSA) is 105 Å². The van der Waals surface area contributed by atoms with Gasteiger partial charge in [0, 0.05) is 19.2 Å². The highest BCUT2D eigenvalue weighted by atomic mass is 35.5. The first kappa shape index (κ1) is 31.5. The summed E-state index contributed by atoms with van der Waals surface area (Å²) in [6.07, 6.45) is 3.00. The largest absolute Gasteiger partial charge is 0.497 e. The van der Waals surface area contributed by atoms with E-state index in [9.17, 15) is 18.0 Å². The summed E-state index contributed by atoms with van der Waals surface area (Å²) in [7, 11) is -1.10. The molecule has 0 aromatic heterocycles. The van der Waals surface area contributed by atoms with Gasteiger partial charge < -0.3 is 19.7 Å². The van der Waals surface area contributed by atoms with E-state index in [1.807, 2.05) is 6.92 Å². The van der Waals surface area contributed by atoms with Crippen LogP contribution >= 0.6 is 23.2 Å². The number of halogens is 2. The number of benzene rings is 2. The Hall–Kier alpha value is -2.69. The van der Waals surface area contributed by atoms with Crippen LogP contribution in [0.4, 0.5) is 5.69 Å². The maximum absolute atomic E-state index is 13.8. The summed E-state index contributed by atoms with van der Waals surface area (Å²) in [4.78, 5) is 28.3. The minimum absolute atomic E-state index is 0.0161. The minimum atomic E-state index is -3.95. The van der Waals surface area contributed by atoms with Gasteiger partial charge in [0.1, 0.15) is 24.1 Å². The molecule has 1 atom stereocenters. The van der Waals surface area contributed by atoms with Crippen LogP contribution in [0.3, 0.4) is 0 Å². The summed E-state index contributed by atoms with van der Waals surface area (Å²) in [6, 6.07) is 8.73. The van der Waals surface area contributed by atoms with E-state index in [1.165, 1.54) is 25.2 Å². The Balaban J connectivity index is 2.52. The summed E-state index contributed by atoms with van der Waals surface area (Å²) in [5, 5.41) is 3.53. The molecule has 0 unspecified atom stereocenters. The maximum Gasteiger partial charge on any atom is 0.244 e. The molecule has 0 saturated carbocycles. The van der Waals surface area contributed by atoms with Gasteiger partial charge in [0.15, 0.2) is 0 Å². The number of ether oxygens (including phenoxy) is 2. The number of rotatable bonds is 14. The predicted octanol–water partition coefficient (Wildman–Crippen LogP) is 4.50. The quantitative estimate of drug-likeness (QED) is 0.326.